The number of hydrogen-bond acceptors (Lipinski definition) is 3. The molecule has 1 aromatic heterocycles. The van der Waals surface area contributed by atoms with E-state index in [4.69, 9.17) is 4.74 Å². The number of hydrogen-bond donors (Lipinski definition) is 1. The highest BCUT2D eigenvalue weighted by Crippen LogP contribution is 2.51. The lowest BCUT2D eigenvalue weighted by Gasteiger charge is -2.23. The first-order valence-electron chi connectivity index (χ1n) is 11.8. The minimum Gasteiger partial charge on any atom is -0.492 e. The Balaban J connectivity index is 1.84. The van der Waals surface area contributed by atoms with Gasteiger partial charge in [-0.1, -0.05) is 58.9 Å². The molecule has 174 valence electrons. The lowest BCUT2D eigenvalue weighted by atomic mass is 9.84. The standard InChI is InChI=1S/C29H35NO2S/c1-17(2)20-8-10-21(11-9-20)23-15-32-28-25(22-12-13-33-16-22)18(3)27(19(4)26(23)28)30-24(31)14-29(5,6)7/h8-13,16-17,23H,14-15H2,1-7H3,(H,30,31). The van der Waals surface area contributed by atoms with Gasteiger partial charge in [-0.25, -0.2) is 0 Å². The highest BCUT2D eigenvalue weighted by Gasteiger charge is 2.34. The number of carbonyl (C=O) groups is 1. The Hall–Kier alpha value is -2.59. The van der Waals surface area contributed by atoms with Crippen LogP contribution in [0.15, 0.2) is 41.1 Å². The molecule has 4 rings (SSSR count). The number of carbonyl (C=O) groups excluding carboxylic acids is 1. The fraction of sp³-hybridized carbons (Fsp3) is 0.414. The van der Waals surface area contributed by atoms with Crippen molar-refractivity contribution in [3.8, 4) is 16.9 Å². The number of benzene rings is 2. The van der Waals surface area contributed by atoms with Crippen molar-refractivity contribution in [3.63, 3.8) is 0 Å². The fourth-order valence-electron chi connectivity index (χ4n) is 4.82. The third kappa shape index (κ3) is 4.72. The van der Waals surface area contributed by atoms with E-state index in [1.54, 1.807) is 11.3 Å². The first-order valence-corrected chi connectivity index (χ1v) is 12.7. The van der Waals surface area contributed by atoms with E-state index in [2.05, 4.69) is 94.9 Å². The van der Waals surface area contributed by atoms with E-state index in [9.17, 15) is 4.79 Å². The molecule has 0 spiro atoms. The van der Waals surface area contributed by atoms with Crippen molar-refractivity contribution in [2.24, 2.45) is 5.41 Å². The summed E-state index contributed by atoms with van der Waals surface area (Å²) >= 11 is 1.68. The van der Waals surface area contributed by atoms with Crippen LogP contribution in [0.1, 0.15) is 80.7 Å². The number of fused-ring (bicyclic) bond motifs is 1. The van der Waals surface area contributed by atoms with Crippen molar-refractivity contribution in [3.05, 3.63) is 68.9 Å². The molecule has 1 atom stereocenters. The Morgan fingerprint density at radius 2 is 1.82 bits per heavy atom. The van der Waals surface area contributed by atoms with E-state index in [1.807, 2.05) is 0 Å². The highest BCUT2D eigenvalue weighted by atomic mass is 32.1. The summed E-state index contributed by atoms with van der Waals surface area (Å²) in [6.45, 7) is 15.6. The molecule has 33 heavy (non-hydrogen) atoms. The minimum absolute atomic E-state index is 0.0571. The maximum atomic E-state index is 12.9. The molecule has 2 heterocycles. The van der Waals surface area contributed by atoms with Gasteiger partial charge in [0.1, 0.15) is 5.75 Å². The Bertz CT molecular complexity index is 1150. The summed E-state index contributed by atoms with van der Waals surface area (Å²) in [6.07, 6.45) is 0.480. The minimum atomic E-state index is -0.0668. The summed E-state index contributed by atoms with van der Waals surface area (Å²) in [6, 6.07) is 11.1. The van der Waals surface area contributed by atoms with Crippen molar-refractivity contribution in [2.75, 3.05) is 11.9 Å². The van der Waals surface area contributed by atoms with Gasteiger partial charge in [0.05, 0.1) is 6.61 Å². The number of rotatable bonds is 5. The summed E-state index contributed by atoms with van der Waals surface area (Å²) in [5.74, 6) is 1.68. The zero-order chi connectivity index (χ0) is 23.9. The average molecular weight is 462 g/mol. The molecule has 1 unspecified atom stereocenters. The van der Waals surface area contributed by atoms with Gasteiger partial charge in [-0.3, -0.25) is 4.79 Å². The Morgan fingerprint density at radius 1 is 1.12 bits per heavy atom. The Morgan fingerprint density at radius 3 is 2.39 bits per heavy atom. The van der Waals surface area contributed by atoms with Gasteiger partial charge >= 0.3 is 0 Å². The quantitative estimate of drug-likeness (QED) is 0.417. The number of amides is 1. The van der Waals surface area contributed by atoms with E-state index >= 15 is 0 Å². The molecule has 0 bridgehead atoms. The maximum absolute atomic E-state index is 12.9. The van der Waals surface area contributed by atoms with Crippen LogP contribution in [-0.2, 0) is 4.79 Å². The summed E-state index contributed by atoms with van der Waals surface area (Å²) < 4.78 is 6.39. The molecule has 4 heteroatoms. The van der Waals surface area contributed by atoms with Crippen molar-refractivity contribution < 1.29 is 9.53 Å². The molecular formula is C29H35NO2S. The molecule has 0 saturated heterocycles. The van der Waals surface area contributed by atoms with Gasteiger partial charge in [0, 0.05) is 29.2 Å². The Labute approximate surface area is 202 Å². The third-order valence-electron chi connectivity index (χ3n) is 6.51. The summed E-state index contributed by atoms with van der Waals surface area (Å²) in [5, 5.41) is 7.52. The van der Waals surface area contributed by atoms with E-state index in [1.165, 1.54) is 16.7 Å². The topological polar surface area (TPSA) is 38.3 Å². The molecule has 0 fully saturated rings. The normalized spacial score (nSPS) is 15.5. The molecule has 3 nitrogen and oxygen atoms in total. The zero-order valence-corrected chi connectivity index (χ0v) is 21.7. The summed E-state index contributed by atoms with van der Waals surface area (Å²) in [5.41, 5.74) is 9.09. The van der Waals surface area contributed by atoms with Gasteiger partial charge in [-0.05, 0) is 69.8 Å². The smallest absolute Gasteiger partial charge is 0.224 e. The van der Waals surface area contributed by atoms with Gasteiger partial charge in [-0.15, -0.1) is 0 Å². The van der Waals surface area contributed by atoms with Crippen molar-refractivity contribution >= 4 is 22.9 Å². The van der Waals surface area contributed by atoms with E-state index in [-0.39, 0.29) is 17.2 Å². The van der Waals surface area contributed by atoms with Gasteiger partial charge in [0.15, 0.2) is 0 Å². The molecule has 0 aliphatic carbocycles. The zero-order valence-electron chi connectivity index (χ0n) is 20.8. The number of ether oxygens (including phenoxy) is 1. The van der Waals surface area contributed by atoms with Crippen molar-refractivity contribution in [2.45, 2.75) is 66.7 Å². The largest absolute Gasteiger partial charge is 0.492 e. The molecule has 1 amide bonds. The molecule has 0 radical (unpaired) electrons. The van der Waals surface area contributed by atoms with Crippen LogP contribution < -0.4 is 10.1 Å². The molecule has 3 aromatic rings. The average Bonchev–Trinajstić information content (AvgIpc) is 3.41. The molecule has 1 aliphatic rings. The molecule has 1 aliphatic heterocycles. The number of nitrogens with one attached hydrogen (secondary N) is 1. The second-order valence-electron chi connectivity index (χ2n) is 10.7. The van der Waals surface area contributed by atoms with Crippen LogP contribution >= 0.6 is 11.3 Å². The molecule has 2 aromatic carbocycles. The maximum Gasteiger partial charge on any atom is 0.224 e. The number of anilines is 1. The number of thiophene rings is 1. The summed E-state index contributed by atoms with van der Waals surface area (Å²) in [4.78, 5) is 12.9. The fourth-order valence-corrected chi connectivity index (χ4v) is 5.47. The van der Waals surface area contributed by atoms with Gasteiger partial charge in [-0.2, -0.15) is 11.3 Å². The second-order valence-corrected chi connectivity index (χ2v) is 11.5. The van der Waals surface area contributed by atoms with Crippen molar-refractivity contribution in [1.82, 2.24) is 0 Å². The van der Waals surface area contributed by atoms with E-state index in [0.29, 0.717) is 18.9 Å². The lowest BCUT2D eigenvalue weighted by molar-refractivity contribution is -0.117. The lowest BCUT2D eigenvalue weighted by Crippen LogP contribution is -2.21. The van der Waals surface area contributed by atoms with Crippen LogP contribution in [0.5, 0.6) is 5.75 Å². The Kier molecular flexibility index (Phi) is 6.41. The highest BCUT2D eigenvalue weighted by molar-refractivity contribution is 7.08. The molecule has 0 saturated carbocycles. The van der Waals surface area contributed by atoms with Crippen LogP contribution in [0.2, 0.25) is 0 Å². The van der Waals surface area contributed by atoms with Crippen LogP contribution in [0, 0.1) is 19.3 Å². The second kappa shape index (κ2) is 8.98. The van der Waals surface area contributed by atoms with E-state index < -0.39 is 0 Å². The first kappa shape index (κ1) is 23.6. The molecular weight excluding hydrogens is 426 g/mol. The SMILES string of the molecule is Cc1c(NC(=O)CC(C)(C)C)c(C)c2c(c1-c1ccsc1)OCC2c1ccc(C(C)C)cc1. The predicted molar refractivity (Wildman–Crippen MR) is 140 cm³/mol. The van der Waals surface area contributed by atoms with Gasteiger partial charge < -0.3 is 10.1 Å². The van der Waals surface area contributed by atoms with Crippen LogP contribution in [0.4, 0.5) is 5.69 Å². The van der Waals surface area contributed by atoms with Crippen LogP contribution in [-0.4, -0.2) is 12.5 Å². The predicted octanol–water partition coefficient (Wildman–Crippen LogP) is 8.05. The monoisotopic (exact) mass is 461 g/mol. The van der Waals surface area contributed by atoms with Crippen molar-refractivity contribution in [1.29, 1.82) is 0 Å². The molecule has 1 N–H and O–H groups in total. The third-order valence-corrected chi connectivity index (χ3v) is 7.20. The first-order chi connectivity index (χ1) is 15.6. The van der Waals surface area contributed by atoms with E-state index in [0.717, 1.165) is 33.7 Å². The van der Waals surface area contributed by atoms with Crippen LogP contribution in [0.3, 0.4) is 0 Å². The van der Waals surface area contributed by atoms with Gasteiger partial charge in [0.2, 0.25) is 5.91 Å². The van der Waals surface area contributed by atoms with Crippen LogP contribution in [0.25, 0.3) is 11.1 Å². The summed E-state index contributed by atoms with van der Waals surface area (Å²) in [7, 11) is 0. The van der Waals surface area contributed by atoms with Gasteiger partial charge in [0.25, 0.3) is 0 Å².